The molecule has 2 fully saturated rings. The van der Waals surface area contributed by atoms with E-state index in [1.54, 1.807) is 0 Å². The second-order valence-electron chi connectivity index (χ2n) is 3.50. The molecule has 0 aromatic carbocycles. The zero-order valence-corrected chi connectivity index (χ0v) is 6.71. The van der Waals surface area contributed by atoms with Crippen molar-refractivity contribution < 1.29 is 9.47 Å². The van der Waals surface area contributed by atoms with Crippen molar-refractivity contribution in [2.24, 2.45) is 5.73 Å². The van der Waals surface area contributed by atoms with Gasteiger partial charge in [-0.15, -0.1) is 0 Å². The van der Waals surface area contributed by atoms with Crippen LogP contribution in [-0.2, 0) is 9.47 Å². The van der Waals surface area contributed by atoms with Crippen molar-refractivity contribution in [3.05, 3.63) is 0 Å². The lowest BCUT2D eigenvalue weighted by Crippen LogP contribution is -2.31. The molecular formula is C8H15NO2. The first-order valence-corrected chi connectivity index (χ1v) is 4.30. The van der Waals surface area contributed by atoms with Crippen LogP contribution in [-0.4, -0.2) is 31.5 Å². The lowest BCUT2D eigenvalue weighted by molar-refractivity contribution is -0.0407. The van der Waals surface area contributed by atoms with Crippen LogP contribution in [0.2, 0.25) is 0 Å². The molecule has 64 valence electrons. The van der Waals surface area contributed by atoms with Crippen molar-refractivity contribution in [1.29, 1.82) is 0 Å². The van der Waals surface area contributed by atoms with Gasteiger partial charge in [0.25, 0.3) is 0 Å². The van der Waals surface area contributed by atoms with Crippen LogP contribution in [0, 0.1) is 0 Å². The fourth-order valence-corrected chi connectivity index (χ4v) is 1.94. The average molecular weight is 157 g/mol. The second-order valence-corrected chi connectivity index (χ2v) is 3.50. The number of hydrogen-bond acceptors (Lipinski definition) is 3. The third-order valence-corrected chi connectivity index (χ3v) is 2.67. The molecule has 2 unspecified atom stereocenters. The van der Waals surface area contributed by atoms with Crippen LogP contribution in [0.25, 0.3) is 0 Å². The predicted molar refractivity (Wildman–Crippen MR) is 41.3 cm³/mol. The zero-order valence-electron chi connectivity index (χ0n) is 6.71. The van der Waals surface area contributed by atoms with E-state index in [0.717, 1.165) is 32.5 Å². The van der Waals surface area contributed by atoms with E-state index in [2.05, 4.69) is 0 Å². The van der Waals surface area contributed by atoms with Gasteiger partial charge in [0, 0.05) is 19.6 Å². The van der Waals surface area contributed by atoms with E-state index >= 15 is 0 Å². The van der Waals surface area contributed by atoms with E-state index < -0.39 is 0 Å². The normalized spacial score (nSPS) is 43.9. The van der Waals surface area contributed by atoms with E-state index in [0.29, 0.717) is 6.54 Å². The van der Waals surface area contributed by atoms with Crippen molar-refractivity contribution in [2.75, 3.05) is 19.8 Å². The molecule has 2 heterocycles. The summed E-state index contributed by atoms with van der Waals surface area (Å²) in [4.78, 5) is 0. The van der Waals surface area contributed by atoms with Crippen molar-refractivity contribution in [3.63, 3.8) is 0 Å². The molecule has 0 bridgehead atoms. The predicted octanol–water partition coefficient (Wildman–Crippen LogP) is 0.283. The Balaban J connectivity index is 1.96. The van der Waals surface area contributed by atoms with Crippen LogP contribution < -0.4 is 5.73 Å². The summed E-state index contributed by atoms with van der Waals surface area (Å²) in [5.74, 6) is 0. The first-order chi connectivity index (χ1) is 5.35. The number of nitrogens with two attached hydrogens (primary N) is 1. The maximum absolute atomic E-state index is 5.81. The van der Waals surface area contributed by atoms with Crippen LogP contribution in [0.3, 0.4) is 0 Å². The van der Waals surface area contributed by atoms with Crippen LogP contribution in [0.1, 0.15) is 19.3 Å². The molecule has 0 aliphatic carbocycles. The van der Waals surface area contributed by atoms with E-state index in [1.165, 1.54) is 0 Å². The Labute approximate surface area is 66.8 Å². The van der Waals surface area contributed by atoms with Gasteiger partial charge >= 0.3 is 0 Å². The van der Waals surface area contributed by atoms with Gasteiger partial charge in [-0.25, -0.2) is 0 Å². The number of hydrogen-bond donors (Lipinski definition) is 1. The minimum atomic E-state index is 0.0596. The van der Waals surface area contributed by atoms with Crippen molar-refractivity contribution >= 4 is 0 Å². The summed E-state index contributed by atoms with van der Waals surface area (Å²) >= 11 is 0. The van der Waals surface area contributed by atoms with Gasteiger partial charge in [0.05, 0.1) is 18.3 Å². The van der Waals surface area contributed by atoms with Crippen LogP contribution >= 0.6 is 0 Å². The topological polar surface area (TPSA) is 44.5 Å². The summed E-state index contributed by atoms with van der Waals surface area (Å²) in [6, 6.07) is 0. The molecule has 2 N–H and O–H groups in total. The molecule has 2 rings (SSSR count). The molecule has 2 atom stereocenters. The third-order valence-electron chi connectivity index (χ3n) is 2.67. The first-order valence-electron chi connectivity index (χ1n) is 4.30. The molecule has 0 saturated carbocycles. The van der Waals surface area contributed by atoms with Gasteiger partial charge in [-0.2, -0.15) is 0 Å². The van der Waals surface area contributed by atoms with Gasteiger partial charge < -0.3 is 15.2 Å². The quantitative estimate of drug-likeness (QED) is 0.594. The number of ether oxygens (including phenoxy) is 2. The summed E-state index contributed by atoms with van der Waals surface area (Å²) in [5, 5.41) is 0. The van der Waals surface area contributed by atoms with Gasteiger partial charge in [-0.1, -0.05) is 0 Å². The van der Waals surface area contributed by atoms with Crippen molar-refractivity contribution in [1.82, 2.24) is 0 Å². The molecule has 0 amide bonds. The highest BCUT2D eigenvalue weighted by atomic mass is 16.6. The zero-order chi connectivity index (χ0) is 7.73. The molecule has 2 aliphatic rings. The van der Waals surface area contributed by atoms with E-state index in [4.69, 9.17) is 15.2 Å². The van der Waals surface area contributed by atoms with E-state index in [-0.39, 0.29) is 11.7 Å². The molecular weight excluding hydrogens is 142 g/mol. The maximum Gasteiger partial charge on any atom is 0.0942 e. The lowest BCUT2D eigenvalue weighted by atomic mass is 9.99. The van der Waals surface area contributed by atoms with E-state index in [1.807, 2.05) is 0 Å². The van der Waals surface area contributed by atoms with Crippen LogP contribution in [0.15, 0.2) is 0 Å². The van der Waals surface area contributed by atoms with Gasteiger partial charge in [0.2, 0.25) is 0 Å². The fourth-order valence-electron chi connectivity index (χ4n) is 1.94. The standard InChI is InChI=1S/C8H15NO2/c9-5-7-1-2-8(11-7)3-4-10-6-8/h7H,1-6,9H2. The summed E-state index contributed by atoms with van der Waals surface area (Å²) in [5.41, 5.74) is 5.58. The monoisotopic (exact) mass is 157 g/mol. The van der Waals surface area contributed by atoms with Gasteiger partial charge in [0.15, 0.2) is 0 Å². The highest BCUT2D eigenvalue weighted by Crippen LogP contribution is 2.36. The smallest absolute Gasteiger partial charge is 0.0942 e. The summed E-state index contributed by atoms with van der Waals surface area (Å²) in [7, 11) is 0. The highest BCUT2D eigenvalue weighted by molar-refractivity contribution is 4.92. The highest BCUT2D eigenvalue weighted by Gasteiger charge is 2.42. The molecule has 2 aliphatic heterocycles. The Morgan fingerprint density at radius 3 is 2.91 bits per heavy atom. The van der Waals surface area contributed by atoms with Crippen LogP contribution in [0.4, 0.5) is 0 Å². The van der Waals surface area contributed by atoms with Crippen molar-refractivity contribution in [2.45, 2.75) is 31.0 Å². The Morgan fingerprint density at radius 2 is 2.36 bits per heavy atom. The van der Waals surface area contributed by atoms with Crippen molar-refractivity contribution in [3.8, 4) is 0 Å². The first kappa shape index (κ1) is 7.53. The Morgan fingerprint density at radius 1 is 1.45 bits per heavy atom. The fraction of sp³-hybridized carbons (Fsp3) is 1.00. The summed E-state index contributed by atoms with van der Waals surface area (Å²) < 4.78 is 11.1. The minimum Gasteiger partial charge on any atom is -0.378 e. The Hall–Kier alpha value is -0.120. The maximum atomic E-state index is 5.81. The molecule has 0 aromatic heterocycles. The molecule has 11 heavy (non-hydrogen) atoms. The third kappa shape index (κ3) is 1.28. The van der Waals surface area contributed by atoms with Gasteiger partial charge in [0.1, 0.15) is 0 Å². The van der Waals surface area contributed by atoms with Gasteiger partial charge in [-0.3, -0.25) is 0 Å². The lowest BCUT2D eigenvalue weighted by Gasteiger charge is -2.21. The molecule has 3 heteroatoms. The molecule has 0 radical (unpaired) electrons. The van der Waals surface area contributed by atoms with Crippen LogP contribution in [0.5, 0.6) is 0 Å². The summed E-state index contributed by atoms with van der Waals surface area (Å²) in [6.07, 6.45) is 3.59. The SMILES string of the molecule is NCC1CCC2(CCOC2)O1. The molecule has 0 aromatic rings. The summed E-state index contributed by atoms with van der Waals surface area (Å²) in [6.45, 7) is 2.29. The largest absolute Gasteiger partial charge is 0.378 e. The molecule has 1 spiro atoms. The Kier molecular flexibility index (Phi) is 1.87. The number of rotatable bonds is 1. The van der Waals surface area contributed by atoms with Gasteiger partial charge in [-0.05, 0) is 12.8 Å². The minimum absolute atomic E-state index is 0.0596. The second kappa shape index (κ2) is 2.73. The average Bonchev–Trinajstić information content (AvgIpc) is 2.62. The van der Waals surface area contributed by atoms with E-state index in [9.17, 15) is 0 Å². The Bertz CT molecular complexity index is 143. The molecule has 2 saturated heterocycles. The molecule has 3 nitrogen and oxygen atoms in total.